The van der Waals surface area contributed by atoms with E-state index in [1.54, 1.807) is 5.38 Å². The lowest BCUT2D eigenvalue weighted by atomic mass is 10.0. The molecule has 3 aromatic heterocycles. The van der Waals surface area contributed by atoms with Crippen LogP contribution in [0.2, 0.25) is 0 Å². The second-order valence-corrected chi connectivity index (χ2v) is 10.6. The van der Waals surface area contributed by atoms with E-state index >= 15 is 0 Å². The van der Waals surface area contributed by atoms with Gasteiger partial charge >= 0.3 is 0 Å². The van der Waals surface area contributed by atoms with E-state index in [1.165, 1.54) is 23.8 Å². The fourth-order valence-electron chi connectivity index (χ4n) is 4.57. The van der Waals surface area contributed by atoms with E-state index in [0.717, 1.165) is 28.2 Å². The number of rotatable bonds is 7. The van der Waals surface area contributed by atoms with Crippen LogP contribution in [0.25, 0.3) is 5.65 Å². The summed E-state index contributed by atoms with van der Waals surface area (Å²) in [6.45, 7) is 4.27. The van der Waals surface area contributed by atoms with Gasteiger partial charge in [-0.05, 0) is 25.5 Å². The topological polar surface area (TPSA) is 159 Å². The van der Waals surface area contributed by atoms with Gasteiger partial charge in [-0.1, -0.05) is 5.16 Å². The summed E-state index contributed by atoms with van der Waals surface area (Å²) in [6.07, 6.45) is 3.79. The van der Waals surface area contributed by atoms with Crippen molar-refractivity contribution in [2.75, 3.05) is 18.6 Å². The van der Waals surface area contributed by atoms with Gasteiger partial charge in [0, 0.05) is 22.8 Å². The molecule has 1 saturated heterocycles. The summed E-state index contributed by atoms with van der Waals surface area (Å²) in [7, 11) is 1.28. The number of β-lactam (4-membered cyclic amide) rings is 1. The average Bonchev–Trinajstić information content (AvgIpc) is 3.46. The number of amides is 2. The first-order valence-corrected chi connectivity index (χ1v) is 13.1. The Morgan fingerprint density at radius 1 is 1.38 bits per heavy atom. The second-order valence-electron chi connectivity index (χ2n) is 8.62. The van der Waals surface area contributed by atoms with Crippen molar-refractivity contribution in [1.29, 1.82) is 0 Å². The molecule has 2 aliphatic heterocycles. The van der Waals surface area contributed by atoms with Gasteiger partial charge in [-0.25, -0.2) is 14.0 Å². The SMILES string of the molecule is CO/N=C(\C(=O)N[C@@H]1C(=O)N2C(C(=O)[O-])=C(Cn3cc[n+]4c(C)cc(C)cc34)CS[C@@H]12)c1csc(N)n1. The third kappa shape index (κ3) is 4.31. The summed E-state index contributed by atoms with van der Waals surface area (Å²) in [5.41, 5.74) is 9.16. The zero-order valence-electron chi connectivity index (χ0n) is 20.1. The van der Waals surface area contributed by atoms with Crippen molar-refractivity contribution in [2.45, 2.75) is 31.8 Å². The molecule has 0 radical (unpaired) electrons. The highest BCUT2D eigenvalue weighted by Crippen LogP contribution is 2.40. The number of carboxylic acids is 1. The third-order valence-corrected chi connectivity index (χ3v) is 8.17. The fraction of sp³-hybridized carbons (Fsp3) is 0.304. The number of carboxylic acid groups (broad SMARTS) is 1. The number of thioether (sulfide) groups is 1. The maximum absolute atomic E-state index is 13.1. The quantitative estimate of drug-likeness (QED) is 0.173. The van der Waals surface area contributed by atoms with E-state index in [2.05, 4.69) is 21.5 Å². The molecule has 0 spiro atoms. The van der Waals surface area contributed by atoms with Crippen LogP contribution in [-0.2, 0) is 25.8 Å². The molecule has 12 nitrogen and oxygen atoms in total. The highest BCUT2D eigenvalue weighted by atomic mass is 32.2. The lowest BCUT2D eigenvalue weighted by Crippen LogP contribution is -2.71. The van der Waals surface area contributed by atoms with Crippen LogP contribution in [0.5, 0.6) is 0 Å². The van der Waals surface area contributed by atoms with E-state index < -0.39 is 29.2 Å². The molecule has 3 N–H and O–H groups in total. The van der Waals surface area contributed by atoms with Crippen molar-refractivity contribution in [3.8, 4) is 0 Å². The van der Waals surface area contributed by atoms with Gasteiger partial charge in [0.2, 0.25) is 0 Å². The van der Waals surface area contributed by atoms with E-state index in [-0.39, 0.29) is 28.8 Å². The number of carbonyl (C=O) groups is 3. The Hall–Kier alpha value is -3.91. The molecule has 0 aliphatic carbocycles. The lowest BCUT2D eigenvalue weighted by Gasteiger charge is -2.50. The number of aromatic nitrogens is 3. The summed E-state index contributed by atoms with van der Waals surface area (Å²) in [4.78, 5) is 48.2. The Morgan fingerprint density at radius 2 is 2.16 bits per heavy atom. The summed E-state index contributed by atoms with van der Waals surface area (Å²) in [5.74, 6) is -2.32. The number of nitrogens with two attached hydrogens (primary N) is 1. The molecule has 2 amide bonds. The van der Waals surface area contributed by atoms with Gasteiger partial charge in [-0.3, -0.25) is 14.5 Å². The molecule has 2 aliphatic rings. The van der Waals surface area contributed by atoms with Gasteiger partial charge in [0.15, 0.2) is 10.8 Å². The maximum Gasteiger partial charge on any atom is 0.286 e. The van der Waals surface area contributed by atoms with Gasteiger partial charge in [0.05, 0.1) is 11.7 Å². The molecule has 37 heavy (non-hydrogen) atoms. The largest absolute Gasteiger partial charge is 0.543 e. The monoisotopic (exact) mass is 541 g/mol. The van der Waals surface area contributed by atoms with Crippen LogP contribution in [0.3, 0.4) is 0 Å². The van der Waals surface area contributed by atoms with Gasteiger partial charge in [-0.15, -0.1) is 23.1 Å². The highest BCUT2D eigenvalue weighted by molar-refractivity contribution is 8.00. The molecule has 0 unspecified atom stereocenters. The van der Waals surface area contributed by atoms with Crippen LogP contribution in [0.15, 0.2) is 46.3 Å². The molecule has 2 atom stereocenters. The predicted molar refractivity (Wildman–Crippen MR) is 134 cm³/mol. The van der Waals surface area contributed by atoms with Crippen molar-refractivity contribution in [3.05, 3.63) is 58.1 Å². The first-order chi connectivity index (χ1) is 17.7. The van der Waals surface area contributed by atoms with E-state index in [4.69, 9.17) is 10.6 Å². The van der Waals surface area contributed by atoms with Crippen molar-refractivity contribution in [1.82, 2.24) is 19.8 Å². The average molecular weight is 542 g/mol. The molecule has 0 aromatic carbocycles. The first-order valence-electron chi connectivity index (χ1n) is 11.2. The van der Waals surface area contributed by atoms with Crippen molar-refractivity contribution in [3.63, 3.8) is 0 Å². The third-order valence-electron chi connectivity index (χ3n) is 6.16. The van der Waals surface area contributed by atoms with Crippen LogP contribution >= 0.6 is 23.1 Å². The number of anilines is 1. The number of pyridine rings is 1. The molecule has 1 fully saturated rings. The number of oxime groups is 1. The lowest BCUT2D eigenvalue weighted by molar-refractivity contribution is -0.518. The van der Waals surface area contributed by atoms with E-state index in [1.807, 2.05) is 41.3 Å². The minimum atomic E-state index is -1.44. The van der Waals surface area contributed by atoms with Gasteiger partial charge in [0.1, 0.15) is 48.9 Å². The molecular formula is C23H23N7O5S2. The minimum absolute atomic E-state index is 0.138. The summed E-state index contributed by atoms with van der Waals surface area (Å²) < 4.78 is 3.95. The summed E-state index contributed by atoms with van der Waals surface area (Å²) >= 11 is 2.50. The number of aliphatic carboxylic acids is 1. The molecule has 5 heterocycles. The fourth-order valence-corrected chi connectivity index (χ4v) is 6.45. The van der Waals surface area contributed by atoms with Crippen LogP contribution in [-0.4, -0.2) is 62.2 Å². The zero-order valence-corrected chi connectivity index (χ0v) is 21.8. The molecule has 14 heteroatoms. The number of nitrogens with one attached hydrogen (secondary N) is 1. The molecule has 5 rings (SSSR count). The normalized spacial score (nSPS) is 19.6. The van der Waals surface area contributed by atoms with Gasteiger partial charge < -0.3 is 25.8 Å². The number of hydrogen-bond acceptors (Lipinski definition) is 10. The van der Waals surface area contributed by atoms with Crippen LogP contribution in [0.4, 0.5) is 5.13 Å². The standard InChI is InChI=1S/C23H23N7O5S2/c1-11-6-12(2)29-5-4-28(15(29)7-11)8-13-9-36-21-17(20(32)30(21)18(13)22(33)34)26-19(31)16(27-35-3)14-10-37-23(24)25-14/h4-7,10,17,21H,8-9H2,1-3H3,(H3-,24,25,26,31,33,34)/b27-16-/t17-,21+/m1/s1. The maximum atomic E-state index is 13.1. The number of hydrogen-bond donors (Lipinski definition) is 2. The number of thiazole rings is 1. The number of aryl methyl sites for hydroxylation is 2. The Kier molecular flexibility index (Phi) is 6.37. The van der Waals surface area contributed by atoms with Crippen molar-refractivity contribution in [2.24, 2.45) is 5.16 Å². The Bertz CT molecular complexity index is 1510. The van der Waals surface area contributed by atoms with Crippen LogP contribution in [0.1, 0.15) is 17.0 Å². The summed E-state index contributed by atoms with van der Waals surface area (Å²) in [5, 5.41) is 19.7. The molecule has 3 aromatic rings. The number of nitrogens with zero attached hydrogens (tertiary/aromatic N) is 5. The second kappa shape index (κ2) is 9.52. The Balaban J connectivity index is 1.39. The number of fused-ring (bicyclic) bond motifs is 2. The predicted octanol–water partition coefficient (Wildman–Crippen LogP) is -0.663. The van der Waals surface area contributed by atoms with E-state index in [9.17, 15) is 19.5 Å². The number of nitrogen functional groups attached to an aromatic ring is 1. The number of carbonyl (C=O) groups excluding carboxylic acids is 3. The van der Waals surface area contributed by atoms with Gasteiger partial charge in [-0.2, -0.15) is 0 Å². The van der Waals surface area contributed by atoms with Crippen molar-refractivity contribution < 1.29 is 28.7 Å². The number of imidazole rings is 1. The Labute approximate surface area is 219 Å². The molecular weight excluding hydrogens is 518 g/mol. The van der Waals surface area contributed by atoms with Crippen LogP contribution in [0, 0.1) is 13.8 Å². The van der Waals surface area contributed by atoms with Crippen molar-refractivity contribution >= 4 is 57.4 Å². The first kappa shape index (κ1) is 24.8. The molecule has 0 bridgehead atoms. The molecule has 0 saturated carbocycles. The smallest absolute Gasteiger partial charge is 0.286 e. The highest BCUT2D eigenvalue weighted by Gasteiger charge is 2.53. The minimum Gasteiger partial charge on any atom is -0.543 e. The Morgan fingerprint density at radius 3 is 2.84 bits per heavy atom. The zero-order chi connectivity index (χ0) is 26.4. The van der Waals surface area contributed by atoms with Crippen LogP contribution < -0.4 is 20.6 Å². The van der Waals surface area contributed by atoms with E-state index in [0.29, 0.717) is 11.3 Å². The summed E-state index contributed by atoms with van der Waals surface area (Å²) in [6, 6.07) is 3.13. The molecule has 192 valence electrons. The van der Waals surface area contributed by atoms with Gasteiger partial charge in [0.25, 0.3) is 17.5 Å².